The zero-order valence-electron chi connectivity index (χ0n) is 3.17. The van der Waals surface area contributed by atoms with Gasteiger partial charge in [0.2, 0.25) is 0 Å². The summed E-state index contributed by atoms with van der Waals surface area (Å²) in [6.07, 6.45) is 0. The Hall–Kier alpha value is -1.02. The van der Waals surface area contributed by atoms with Crippen LogP contribution in [0.4, 0.5) is 0 Å². The molecule has 0 aromatic carbocycles. The quantitative estimate of drug-likeness (QED) is 0.473. The van der Waals surface area contributed by atoms with E-state index in [9.17, 15) is 0 Å². The van der Waals surface area contributed by atoms with Gasteiger partial charge in [0.25, 0.3) is 0 Å². The van der Waals surface area contributed by atoms with E-state index in [-0.39, 0.29) is 0 Å². The van der Waals surface area contributed by atoms with Crippen LogP contribution in [-0.4, -0.2) is 0 Å². The van der Waals surface area contributed by atoms with Crippen LogP contribution in [-0.2, 0) is 13.7 Å². The van der Waals surface area contributed by atoms with E-state index in [1.807, 2.05) is 0 Å². The van der Waals surface area contributed by atoms with Gasteiger partial charge in [-0.25, -0.2) is 0 Å². The summed E-state index contributed by atoms with van der Waals surface area (Å²) >= 11 is -1.62. The Morgan fingerprint density at radius 3 is 1.14 bits per heavy atom. The molecule has 0 radical (unpaired) electrons. The van der Waals surface area contributed by atoms with Crippen LogP contribution in [0.1, 0.15) is 0 Å². The predicted octanol–water partition coefficient (Wildman–Crippen LogP) is 0.0478. The first-order valence-electron chi connectivity index (χ1n) is 1.17. The zero-order chi connectivity index (χ0) is 5.70. The van der Waals surface area contributed by atoms with Crippen LogP contribution in [0, 0.1) is 30.8 Å². The van der Waals surface area contributed by atoms with Crippen molar-refractivity contribution in [3.05, 3.63) is 0 Å². The van der Waals surface area contributed by atoms with E-state index < -0.39 is 13.7 Å². The average Bonchev–Trinajstić information content (AvgIpc) is 1.72. The average molecular weight is 137 g/mol. The van der Waals surface area contributed by atoms with Gasteiger partial charge in [0, 0.05) is 0 Å². The van der Waals surface area contributed by atoms with Gasteiger partial charge in [-0.2, -0.15) is 0 Å². The Bertz CT molecular complexity index is 133. The molecule has 0 atom stereocenters. The van der Waals surface area contributed by atoms with Crippen molar-refractivity contribution in [2.24, 2.45) is 0 Å². The van der Waals surface area contributed by atoms with Gasteiger partial charge in [-0.15, -0.1) is 0 Å². The minimum absolute atomic E-state index is 1.54. The fourth-order valence-electron chi connectivity index (χ4n) is 0.0500. The standard InChI is InChI=1S/3CN.Co/c3*1-2;. The van der Waals surface area contributed by atoms with Crippen LogP contribution in [0.2, 0.25) is 0 Å². The van der Waals surface area contributed by atoms with Gasteiger partial charge in [-0.3, -0.25) is 0 Å². The summed E-state index contributed by atoms with van der Waals surface area (Å²) in [4.78, 5) is 0. The summed E-state index contributed by atoms with van der Waals surface area (Å²) in [6.45, 7) is 0. The Morgan fingerprint density at radius 1 is 0.857 bits per heavy atom. The monoisotopic (exact) mass is 137 g/mol. The van der Waals surface area contributed by atoms with Crippen molar-refractivity contribution in [3.8, 4) is 15.0 Å². The van der Waals surface area contributed by atoms with Crippen molar-refractivity contribution in [3.63, 3.8) is 0 Å². The SMILES string of the molecule is N#[C][Co]([C]#N)[C]#N. The topological polar surface area (TPSA) is 71.4 Å². The van der Waals surface area contributed by atoms with Crippen molar-refractivity contribution >= 4 is 0 Å². The fourth-order valence-corrected chi connectivity index (χ4v) is 0.206. The second-order valence-corrected chi connectivity index (χ2v) is 1.95. The van der Waals surface area contributed by atoms with Gasteiger partial charge >= 0.3 is 44.5 Å². The first-order chi connectivity index (χ1) is 3.35. The Balaban J connectivity index is 3.82. The van der Waals surface area contributed by atoms with Gasteiger partial charge in [-0.05, 0) is 0 Å². The van der Waals surface area contributed by atoms with Crippen LogP contribution in [0.5, 0.6) is 0 Å². The summed E-state index contributed by atoms with van der Waals surface area (Å²) in [5.41, 5.74) is 0. The predicted molar refractivity (Wildman–Crippen MR) is 16.8 cm³/mol. The van der Waals surface area contributed by atoms with Crippen LogP contribution >= 0.6 is 0 Å². The van der Waals surface area contributed by atoms with E-state index in [1.54, 1.807) is 15.0 Å². The first-order valence-corrected chi connectivity index (χ1v) is 2.73. The van der Waals surface area contributed by atoms with E-state index in [1.165, 1.54) is 0 Å². The molecule has 0 unspecified atom stereocenters. The summed E-state index contributed by atoms with van der Waals surface area (Å²) in [6, 6.07) is 0. The maximum atomic E-state index is 7.86. The molecule has 0 heterocycles. The molecule has 36 valence electrons. The molecule has 0 amide bonds. The molecule has 0 aliphatic carbocycles. The fraction of sp³-hybridized carbons (Fsp3) is 0. The maximum absolute atomic E-state index is 7.86. The summed E-state index contributed by atoms with van der Waals surface area (Å²) < 4.78 is 0. The molecule has 0 aliphatic heterocycles. The molecule has 0 aromatic rings. The van der Waals surface area contributed by atoms with Gasteiger partial charge < -0.3 is 0 Å². The first kappa shape index (κ1) is 5.98. The molecule has 0 saturated carbocycles. The van der Waals surface area contributed by atoms with Crippen molar-refractivity contribution in [1.82, 2.24) is 0 Å². The normalized spacial score (nSPS) is 7.29. The van der Waals surface area contributed by atoms with E-state index in [4.69, 9.17) is 15.8 Å². The second kappa shape index (κ2) is 3.18. The molecule has 0 saturated heterocycles. The Morgan fingerprint density at radius 2 is 1.14 bits per heavy atom. The zero-order valence-corrected chi connectivity index (χ0v) is 4.22. The van der Waals surface area contributed by atoms with Crippen LogP contribution in [0.25, 0.3) is 0 Å². The minimum atomic E-state index is -1.62. The van der Waals surface area contributed by atoms with Crippen molar-refractivity contribution in [1.29, 1.82) is 15.8 Å². The van der Waals surface area contributed by atoms with Gasteiger partial charge in [0.05, 0.1) is 0 Å². The number of nitrogens with zero attached hydrogens (tertiary/aromatic N) is 3. The van der Waals surface area contributed by atoms with E-state index in [2.05, 4.69) is 0 Å². The van der Waals surface area contributed by atoms with Crippen molar-refractivity contribution in [2.45, 2.75) is 0 Å². The second-order valence-electron chi connectivity index (χ2n) is 0.474. The molecule has 0 rings (SSSR count). The van der Waals surface area contributed by atoms with Crippen LogP contribution in [0.15, 0.2) is 0 Å². The molecule has 0 spiro atoms. The number of rotatable bonds is 0. The van der Waals surface area contributed by atoms with Gasteiger partial charge in [0.15, 0.2) is 0 Å². The summed E-state index contributed by atoms with van der Waals surface area (Å²) in [5, 5.41) is 28.2. The summed E-state index contributed by atoms with van der Waals surface area (Å²) in [7, 11) is 0. The molecule has 7 heavy (non-hydrogen) atoms. The molecule has 0 bridgehead atoms. The van der Waals surface area contributed by atoms with E-state index in [0.717, 1.165) is 0 Å². The molecule has 0 aromatic heterocycles. The third-order valence-corrected chi connectivity index (χ3v) is 0.922. The molecule has 3 nitrogen and oxygen atoms in total. The molecular formula is C3CoN3. The Kier molecular flexibility index (Phi) is 2.71. The van der Waals surface area contributed by atoms with Crippen molar-refractivity contribution < 1.29 is 13.7 Å². The Labute approximate surface area is 45.1 Å². The molecule has 0 N–H and O–H groups in total. The number of nitriles is 3. The van der Waals surface area contributed by atoms with Gasteiger partial charge in [-0.1, -0.05) is 0 Å². The van der Waals surface area contributed by atoms with E-state index >= 15 is 0 Å². The molecule has 0 fully saturated rings. The number of hydrogen-bond donors (Lipinski definition) is 0. The molecule has 4 heteroatoms. The summed E-state index contributed by atoms with van der Waals surface area (Å²) in [5.74, 6) is 0. The third-order valence-electron chi connectivity index (χ3n) is 0.224. The van der Waals surface area contributed by atoms with Crippen LogP contribution in [0.3, 0.4) is 0 Å². The van der Waals surface area contributed by atoms with Crippen LogP contribution < -0.4 is 0 Å². The van der Waals surface area contributed by atoms with E-state index in [0.29, 0.717) is 0 Å². The number of hydrogen-bond acceptors (Lipinski definition) is 3. The van der Waals surface area contributed by atoms with Gasteiger partial charge in [0.1, 0.15) is 0 Å². The molecular weight excluding hydrogens is 137 g/mol. The molecule has 0 aliphatic rings. The third kappa shape index (κ3) is 1.78. The van der Waals surface area contributed by atoms with Crippen molar-refractivity contribution in [2.75, 3.05) is 0 Å².